The van der Waals surface area contributed by atoms with E-state index < -0.39 is 146 Å². The summed E-state index contributed by atoms with van der Waals surface area (Å²) in [6.45, 7) is -2.44. The summed E-state index contributed by atoms with van der Waals surface area (Å²) >= 11 is 0. The molecule has 0 saturated carbocycles. The first-order valence-electron chi connectivity index (χ1n) is 26.8. The number of rotatable bonds is 15. The summed E-state index contributed by atoms with van der Waals surface area (Å²) in [6, 6.07) is 16.7. The predicted molar refractivity (Wildman–Crippen MR) is 293 cm³/mol. The van der Waals surface area contributed by atoms with Crippen molar-refractivity contribution in [3.05, 3.63) is 171 Å². The normalized spacial score (nSPS) is 24.1. The zero-order chi connectivity index (χ0) is 64.6. The maximum Gasteiger partial charge on any atom is 0.573 e. The topological polar surface area (TPSA) is 448 Å². The summed E-state index contributed by atoms with van der Waals surface area (Å²) < 4.78 is 88.4. The van der Waals surface area contributed by atoms with Crippen molar-refractivity contribution in [1.29, 1.82) is 0 Å². The number of methoxy groups -OCH3 is 2. The summed E-state index contributed by atoms with van der Waals surface area (Å²) in [4.78, 5) is 75.7. The number of nitrogens with zero attached hydrogens (tertiary/aromatic N) is 9. The van der Waals surface area contributed by atoms with Gasteiger partial charge in [-0.1, -0.05) is 21.5 Å². The standard InChI is InChI=1S/C18H16F3N3O8.2C18H19N3O8/c19-18(20,21)31-8-1-2-9-10(22-32-11(9)5-8)6-24-13(26)3-4-23(17(24)29)16-15(28)14(27)12(7-25)30-16;1-27-9-2-3-12-10(6-9)11(19-29-12)7-21-14(23)4-5-20(18(21)26)17-16(25)15(24)13(8-22)28-17;1-27-11-4-2-3-9-10(19-29-16(9)11)7-21-13(23)5-6-20(18(21)26)17-15(25)14(24)12(8-22)28-17/h1-5,12,14-16,25,27-28H,6-7H2;2-6,13,15-17,22,24-25H,7-8H2,1H3;2-6,12,14-15,17,22,24-25H,7-8H2,1H3/t12-,14+,15?,16-;13-,15+,16?,17-;12-,14+,15?,17-/m111/s1. The van der Waals surface area contributed by atoms with Crippen molar-refractivity contribution in [3.8, 4) is 17.2 Å². The molecule has 0 aliphatic carbocycles. The quantitative estimate of drug-likeness (QED) is 0.0506. The van der Waals surface area contributed by atoms with Gasteiger partial charge in [0.1, 0.15) is 83.5 Å². The summed E-state index contributed by atoms with van der Waals surface area (Å²) in [5, 5.41) is 101. The van der Waals surface area contributed by atoms with Crippen molar-refractivity contribution in [2.45, 2.75) is 99.6 Å². The molecule has 3 fully saturated rings. The molecular weight excluding hydrogens is 1220 g/mol. The third-order valence-corrected chi connectivity index (χ3v) is 14.8. The highest BCUT2D eigenvalue weighted by Gasteiger charge is 2.46. The smallest absolute Gasteiger partial charge is 0.497 e. The number of aromatic nitrogens is 9. The first-order chi connectivity index (χ1) is 43.0. The fourth-order valence-corrected chi connectivity index (χ4v) is 10.1. The van der Waals surface area contributed by atoms with Crippen LogP contribution in [0.4, 0.5) is 13.2 Å². The van der Waals surface area contributed by atoms with Gasteiger partial charge in [0.25, 0.3) is 16.7 Å². The molecule has 0 radical (unpaired) electrons. The van der Waals surface area contributed by atoms with E-state index >= 15 is 0 Å². The number of para-hydroxylation sites is 1. The molecule has 3 aliphatic heterocycles. The van der Waals surface area contributed by atoms with E-state index in [1.165, 1.54) is 32.7 Å². The van der Waals surface area contributed by atoms with Crippen LogP contribution >= 0.6 is 0 Å². The van der Waals surface area contributed by atoms with Gasteiger partial charge in [0, 0.05) is 48.2 Å². The van der Waals surface area contributed by atoms with Crippen LogP contribution in [0.2, 0.25) is 0 Å². The Kier molecular flexibility index (Phi) is 18.5. The highest BCUT2D eigenvalue weighted by molar-refractivity contribution is 5.85. The van der Waals surface area contributed by atoms with E-state index in [0.29, 0.717) is 44.8 Å². The van der Waals surface area contributed by atoms with Crippen LogP contribution in [-0.2, 0) is 33.8 Å². The zero-order valence-electron chi connectivity index (χ0n) is 46.6. The fraction of sp³-hybridized carbons (Fsp3) is 0.389. The maximum absolute atomic E-state index is 12.9. The highest BCUT2D eigenvalue weighted by Crippen LogP contribution is 2.33. The molecule has 3 aromatic carbocycles. The number of fused-ring (bicyclic) bond motifs is 3. The molecule has 3 unspecified atom stereocenters. The SMILES string of the molecule is COc1ccc2onc(Cn3c(=O)ccn([C@@H]4O[C@H](CO)[C@H](O)C4O)c3=O)c2c1.COc1cccc2c(Cn3c(=O)ccn([C@@H]4O[C@H](CO)[C@H](O)C4O)c3=O)noc12.O=c1ccn([C@@H]2O[C@H](CO)[C@H](O)C2O)c(=O)n1Cc1noc2cc(OC(F)(F)F)ccc12. The summed E-state index contributed by atoms with van der Waals surface area (Å²) in [6.07, 6.45) is -17.2. The Morgan fingerprint density at radius 1 is 0.478 bits per heavy atom. The lowest BCUT2D eigenvalue weighted by atomic mass is 10.1. The van der Waals surface area contributed by atoms with Crippen molar-refractivity contribution < 1.29 is 101 Å². The van der Waals surface area contributed by atoms with E-state index in [9.17, 15) is 87.9 Å². The van der Waals surface area contributed by atoms with E-state index in [1.807, 2.05) is 0 Å². The van der Waals surface area contributed by atoms with E-state index in [4.69, 9.17) is 37.3 Å². The molecule has 6 aromatic heterocycles. The molecule has 9 heterocycles. The Bertz CT molecular complexity index is 4330. The summed E-state index contributed by atoms with van der Waals surface area (Å²) in [7, 11) is 2.99. The van der Waals surface area contributed by atoms with Crippen LogP contribution in [0.15, 0.2) is 134 Å². The molecule has 3 aliphatic rings. The van der Waals surface area contributed by atoms with Gasteiger partial charge < -0.3 is 87.9 Å². The van der Waals surface area contributed by atoms with Gasteiger partial charge in [-0.05, 0) is 42.5 Å². The van der Waals surface area contributed by atoms with Crippen molar-refractivity contribution in [1.82, 2.24) is 42.9 Å². The molecule has 90 heavy (non-hydrogen) atoms. The Balaban J connectivity index is 0.000000149. The molecule has 9 N–H and O–H groups in total. The van der Waals surface area contributed by atoms with Gasteiger partial charge in [0.2, 0.25) is 5.58 Å². The van der Waals surface area contributed by atoms with Gasteiger partial charge in [0.15, 0.2) is 35.6 Å². The second-order valence-electron chi connectivity index (χ2n) is 20.3. The molecule has 480 valence electrons. The molecule has 0 amide bonds. The van der Waals surface area contributed by atoms with Gasteiger partial charge in [-0.3, -0.25) is 41.8 Å². The molecule has 36 heteroatoms. The molecular formula is C54H54F3N9O24. The molecule has 12 atom stereocenters. The van der Waals surface area contributed by atoms with Crippen LogP contribution in [0.3, 0.4) is 0 Å². The van der Waals surface area contributed by atoms with Crippen LogP contribution in [0.5, 0.6) is 17.2 Å². The van der Waals surface area contributed by atoms with Crippen LogP contribution in [0.1, 0.15) is 35.8 Å². The van der Waals surface area contributed by atoms with Crippen LogP contribution in [0, 0.1) is 0 Å². The fourth-order valence-electron chi connectivity index (χ4n) is 10.1. The van der Waals surface area contributed by atoms with E-state index in [2.05, 4.69) is 20.2 Å². The van der Waals surface area contributed by atoms with Crippen LogP contribution in [0.25, 0.3) is 32.9 Å². The third-order valence-electron chi connectivity index (χ3n) is 14.8. The van der Waals surface area contributed by atoms with Gasteiger partial charge >= 0.3 is 23.4 Å². The number of hydrogen-bond donors (Lipinski definition) is 9. The van der Waals surface area contributed by atoms with Crippen molar-refractivity contribution in [2.24, 2.45) is 0 Å². The minimum absolute atomic E-state index is 0.0606. The number of benzene rings is 3. The number of aliphatic hydroxyl groups is 9. The minimum atomic E-state index is -4.89. The monoisotopic (exact) mass is 1270 g/mol. The lowest BCUT2D eigenvalue weighted by Crippen LogP contribution is -2.43. The second kappa shape index (κ2) is 26.1. The van der Waals surface area contributed by atoms with Crippen molar-refractivity contribution in [3.63, 3.8) is 0 Å². The number of aliphatic hydroxyl groups excluding tert-OH is 9. The van der Waals surface area contributed by atoms with E-state index in [1.54, 1.807) is 36.4 Å². The lowest BCUT2D eigenvalue weighted by molar-refractivity contribution is -0.274. The van der Waals surface area contributed by atoms with Crippen molar-refractivity contribution in [2.75, 3.05) is 34.0 Å². The molecule has 0 spiro atoms. The van der Waals surface area contributed by atoms with E-state index in [0.717, 1.165) is 63.9 Å². The lowest BCUT2D eigenvalue weighted by Gasteiger charge is -2.18. The molecule has 12 rings (SSSR count). The van der Waals surface area contributed by atoms with Crippen LogP contribution in [-0.4, -0.2) is 184 Å². The zero-order valence-corrected chi connectivity index (χ0v) is 46.6. The first-order valence-corrected chi connectivity index (χ1v) is 26.8. The molecule has 3 saturated heterocycles. The maximum atomic E-state index is 12.9. The third kappa shape index (κ3) is 12.4. The Hall–Kier alpha value is -9.18. The van der Waals surface area contributed by atoms with Gasteiger partial charge in [-0.2, -0.15) is 0 Å². The van der Waals surface area contributed by atoms with Crippen LogP contribution < -0.4 is 48.0 Å². The number of hydrogen-bond acceptors (Lipinski definition) is 27. The molecule has 33 nitrogen and oxygen atoms in total. The minimum Gasteiger partial charge on any atom is -0.497 e. The molecule has 9 aromatic rings. The summed E-state index contributed by atoms with van der Waals surface area (Å²) in [5.74, 6) is 0.494. The number of alkyl halides is 3. The largest absolute Gasteiger partial charge is 0.573 e. The number of ether oxygens (including phenoxy) is 6. The average molecular weight is 1270 g/mol. The van der Waals surface area contributed by atoms with Gasteiger partial charge in [-0.15, -0.1) is 13.2 Å². The molecule has 0 bridgehead atoms. The Morgan fingerprint density at radius 3 is 1.32 bits per heavy atom. The second-order valence-corrected chi connectivity index (χ2v) is 20.3. The van der Waals surface area contributed by atoms with Crippen molar-refractivity contribution >= 4 is 32.9 Å². The Labute approximate surface area is 497 Å². The predicted octanol–water partition coefficient (Wildman–Crippen LogP) is -2.65. The first kappa shape index (κ1) is 63.8. The Morgan fingerprint density at radius 2 is 0.900 bits per heavy atom. The highest BCUT2D eigenvalue weighted by atomic mass is 19.4. The average Bonchev–Trinajstić information content (AvgIpc) is 1.65. The summed E-state index contributed by atoms with van der Waals surface area (Å²) in [5.41, 5.74) is -2.80. The van der Waals surface area contributed by atoms with Gasteiger partial charge in [0.05, 0.1) is 64.4 Å². The van der Waals surface area contributed by atoms with Gasteiger partial charge in [-0.25, -0.2) is 14.4 Å². The van der Waals surface area contributed by atoms with E-state index in [-0.39, 0.29) is 29.8 Å². The number of halogens is 3.